The second-order valence-corrected chi connectivity index (χ2v) is 5.72. The van der Waals surface area contributed by atoms with E-state index < -0.39 is 23.2 Å². The van der Waals surface area contributed by atoms with E-state index >= 15 is 0 Å². The van der Waals surface area contributed by atoms with Crippen LogP contribution in [0, 0.1) is 5.82 Å². The van der Waals surface area contributed by atoms with E-state index in [1.165, 1.54) is 23.1 Å². The lowest BCUT2D eigenvalue weighted by atomic mass is 10.0. The van der Waals surface area contributed by atoms with Crippen LogP contribution in [0.4, 0.5) is 10.1 Å². The number of nitrogens with one attached hydrogen (secondary N) is 1. The van der Waals surface area contributed by atoms with Gasteiger partial charge in [-0.1, -0.05) is 30.3 Å². The molecular weight excluding hydrogens is 311 g/mol. The summed E-state index contributed by atoms with van der Waals surface area (Å²) < 4.78 is 13.1. The average Bonchev–Trinajstić information content (AvgIpc) is 2.90. The summed E-state index contributed by atoms with van der Waals surface area (Å²) in [5, 5.41) is 13.0. The Kier molecular flexibility index (Phi) is 4.31. The monoisotopic (exact) mass is 328 g/mol. The smallest absolute Gasteiger partial charge is 0.268 e. The number of para-hydroxylation sites is 1. The lowest BCUT2D eigenvalue weighted by molar-refractivity contribution is -0.149. The molecule has 1 fully saturated rings. The van der Waals surface area contributed by atoms with Gasteiger partial charge in [-0.05, 0) is 29.8 Å². The van der Waals surface area contributed by atoms with Gasteiger partial charge >= 0.3 is 0 Å². The normalized spacial score (nSPS) is 20.2. The van der Waals surface area contributed by atoms with Crippen LogP contribution in [0.25, 0.3) is 0 Å². The fourth-order valence-electron chi connectivity index (χ4n) is 2.75. The highest BCUT2D eigenvalue weighted by Gasteiger charge is 2.51. The maximum absolute atomic E-state index is 13.1. The van der Waals surface area contributed by atoms with Crippen molar-refractivity contribution in [2.45, 2.75) is 18.6 Å². The first-order valence-corrected chi connectivity index (χ1v) is 7.63. The second-order valence-electron chi connectivity index (χ2n) is 5.72. The second kappa shape index (κ2) is 6.41. The van der Waals surface area contributed by atoms with Crippen LogP contribution in [-0.4, -0.2) is 29.1 Å². The number of hydrogen-bond acceptors (Lipinski definition) is 3. The molecule has 0 saturated carbocycles. The molecule has 0 aliphatic carbocycles. The Morgan fingerprint density at radius 2 is 1.96 bits per heavy atom. The van der Waals surface area contributed by atoms with Gasteiger partial charge in [0.05, 0.1) is 0 Å². The quantitative estimate of drug-likeness (QED) is 0.838. The first-order chi connectivity index (χ1) is 11.5. The van der Waals surface area contributed by atoms with E-state index in [2.05, 4.69) is 5.32 Å². The zero-order valence-corrected chi connectivity index (χ0v) is 12.9. The Balaban J connectivity index is 1.69. The highest BCUT2D eigenvalue weighted by molar-refractivity contribution is 6.16. The molecule has 0 unspecified atom stereocenters. The zero-order valence-electron chi connectivity index (χ0n) is 12.9. The standard InChI is InChI=1S/C18H17FN2O3/c19-14-6-4-5-13(11-14)12-20-16(22)18(24)9-10-21(17(18)23)15-7-2-1-3-8-15/h1-8,11,24H,9-10,12H2,(H,20,22)/t18-/m0/s1. The number of halogens is 1. The van der Waals surface area contributed by atoms with Crippen molar-refractivity contribution in [2.24, 2.45) is 0 Å². The molecule has 6 heteroatoms. The summed E-state index contributed by atoms with van der Waals surface area (Å²) in [6.45, 7) is 0.296. The molecule has 1 aliphatic rings. The number of rotatable bonds is 4. The SMILES string of the molecule is O=C(NCc1cccc(F)c1)[C@@]1(O)CCN(c2ccccc2)C1=O. The minimum absolute atomic E-state index is 0.00963. The molecule has 1 atom stereocenters. The third kappa shape index (κ3) is 3.00. The molecular formula is C18H17FN2O3. The fraction of sp³-hybridized carbons (Fsp3) is 0.222. The van der Waals surface area contributed by atoms with E-state index in [9.17, 15) is 19.1 Å². The summed E-state index contributed by atoms with van der Waals surface area (Å²) in [7, 11) is 0. The maximum atomic E-state index is 13.1. The van der Waals surface area contributed by atoms with Gasteiger partial charge in [-0.2, -0.15) is 0 Å². The van der Waals surface area contributed by atoms with Gasteiger partial charge in [-0.3, -0.25) is 9.59 Å². The van der Waals surface area contributed by atoms with Crippen molar-refractivity contribution in [1.29, 1.82) is 0 Å². The van der Waals surface area contributed by atoms with Crippen LogP contribution < -0.4 is 10.2 Å². The van der Waals surface area contributed by atoms with Gasteiger partial charge in [0.25, 0.3) is 11.8 Å². The Labute approximate surface area is 138 Å². The minimum Gasteiger partial charge on any atom is -0.372 e. The Bertz CT molecular complexity index is 766. The van der Waals surface area contributed by atoms with Gasteiger partial charge in [0.1, 0.15) is 5.82 Å². The third-order valence-electron chi connectivity index (χ3n) is 4.08. The largest absolute Gasteiger partial charge is 0.372 e. The van der Waals surface area contributed by atoms with Gasteiger partial charge in [0.15, 0.2) is 0 Å². The molecule has 2 aromatic rings. The number of carbonyl (C=O) groups excluding carboxylic acids is 2. The van der Waals surface area contributed by atoms with Crippen LogP contribution in [0.5, 0.6) is 0 Å². The molecule has 2 amide bonds. The predicted molar refractivity (Wildman–Crippen MR) is 86.6 cm³/mol. The molecule has 1 heterocycles. The molecule has 2 N–H and O–H groups in total. The molecule has 0 spiro atoms. The van der Waals surface area contributed by atoms with Crippen molar-refractivity contribution < 1.29 is 19.1 Å². The summed E-state index contributed by atoms with van der Waals surface area (Å²) in [6.07, 6.45) is 0.00963. The molecule has 0 bridgehead atoms. The lowest BCUT2D eigenvalue weighted by Crippen LogP contribution is -2.52. The third-order valence-corrected chi connectivity index (χ3v) is 4.08. The summed E-state index contributed by atoms with van der Waals surface area (Å²) in [6, 6.07) is 14.6. The number of benzene rings is 2. The van der Waals surface area contributed by atoms with E-state index in [0.29, 0.717) is 11.3 Å². The Hall–Kier alpha value is -2.73. The predicted octanol–water partition coefficient (Wildman–Crippen LogP) is 1.61. The molecule has 124 valence electrons. The van der Waals surface area contributed by atoms with Crippen LogP contribution in [-0.2, 0) is 16.1 Å². The summed E-state index contributed by atoms with van der Waals surface area (Å²) in [5.41, 5.74) is -0.906. The molecule has 3 rings (SSSR count). The van der Waals surface area contributed by atoms with E-state index in [-0.39, 0.29) is 19.5 Å². The van der Waals surface area contributed by atoms with E-state index in [1.54, 1.807) is 30.3 Å². The number of nitrogens with zero attached hydrogens (tertiary/aromatic N) is 1. The van der Waals surface area contributed by atoms with E-state index in [1.807, 2.05) is 6.07 Å². The molecule has 24 heavy (non-hydrogen) atoms. The number of aliphatic hydroxyl groups is 1. The van der Waals surface area contributed by atoms with E-state index in [4.69, 9.17) is 0 Å². The fourth-order valence-corrected chi connectivity index (χ4v) is 2.75. The number of amides is 2. The molecule has 1 saturated heterocycles. The van der Waals surface area contributed by atoms with Crippen LogP contribution in [0.3, 0.4) is 0 Å². The lowest BCUT2D eigenvalue weighted by Gasteiger charge is -2.21. The molecule has 2 aromatic carbocycles. The number of carbonyl (C=O) groups is 2. The summed E-state index contributed by atoms with van der Waals surface area (Å²) in [5.74, 6) is -1.83. The number of hydrogen-bond donors (Lipinski definition) is 2. The van der Waals surface area contributed by atoms with Crippen molar-refractivity contribution >= 4 is 17.5 Å². The van der Waals surface area contributed by atoms with Gasteiger partial charge in [-0.25, -0.2) is 4.39 Å². The first-order valence-electron chi connectivity index (χ1n) is 7.63. The van der Waals surface area contributed by atoms with Crippen molar-refractivity contribution in [3.8, 4) is 0 Å². The summed E-state index contributed by atoms with van der Waals surface area (Å²) in [4.78, 5) is 26.2. The van der Waals surface area contributed by atoms with Gasteiger partial charge in [0.2, 0.25) is 5.60 Å². The highest BCUT2D eigenvalue weighted by Crippen LogP contribution is 2.28. The highest BCUT2D eigenvalue weighted by atomic mass is 19.1. The first kappa shape index (κ1) is 16.1. The van der Waals surface area contributed by atoms with Gasteiger partial charge < -0.3 is 15.3 Å². The minimum atomic E-state index is -2.09. The topological polar surface area (TPSA) is 69.6 Å². The molecule has 5 nitrogen and oxygen atoms in total. The zero-order chi connectivity index (χ0) is 17.2. The average molecular weight is 328 g/mol. The Morgan fingerprint density at radius 3 is 2.67 bits per heavy atom. The van der Waals surface area contributed by atoms with Crippen molar-refractivity contribution in [3.05, 3.63) is 66.0 Å². The van der Waals surface area contributed by atoms with Crippen molar-refractivity contribution in [2.75, 3.05) is 11.4 Å². The van der Waals surface area contributed by atoms with Crippen molar-refractivity contribution in [1.82, 2.24) is 5.32 Å². The van der Waals surface area contributed by atoms with Crippen molar-refractivity contribution in [3.63, 3.8) is 0 Å². The molecule has 1 aliphatic heterocycles. The number of anilines is 1. The molecule has 0 aromatic heterocycles. The van der Waals surface area contributed by atoms with Gasteiger partial charge in [0, 0.05) is 25.2 Å². The van der Waals surface area contributed by atoms with Crippen LogP contribution in [0.15, 0.2) is 54.6 Å². The van der Waals surface area contributed by atoms with Crippen LogP contribution >= 0.6 is 0 Å². The maximum Gasteiger partial charge on any atom is 0.268 e. The molecule has 0 radical (unpaired) electrons. The van der Waals surface area contributed by atoms with Gasteiger partial charge in [-0.15, -0.1) is 0 Å². The van der Waals surface area contributed by atoms with E-state index in [0.717, 1.165) is 0 Å². The van der Waals surface area contributed by atoms with Crippen LogP contribution in [0.1, 0.15) is 12.0 Å². The summed E-state index contributed by atoms with van der Waals surface area (Å²) >= 11 is 0. The van der Waals surface area contributed by atoms with Crippen LogP contribution in [0.2, 0.25) is 0 Å². The Morgan fingerprint density at radius 1 is 1.21 bits per heavy atom.